The number of morpholine rings is 1. The molecule has 39 heavy (non-hydrogen) atoms. The number of nitrogens with one attached hydrogen (secondary N) is 3. The van der Waals surface area contributed by atoms with E-state index in [9.17, 15) is 9.59 Å². The van der Waals surface area contributed by atoms with Gasteiger partial charge in [-0.3, -0.25) is 9.59 Å². The second-order valence-electron chi connectivity index (χ2n) is 10.4. The average molecular weight is 528 g/mol. The summed E-state index contributed by atoms with van der Waals surface area (Å²) >= 11 is 0. The minimum Gasteiger partial charge on any atom is -0.484 e. The lowest BCUT2D eigenvalue weighted by molar-refractivity contribution is -0.123. The molecule has 3 aliphatic rings. The number of fused-ring (bicyclic) bond motifs is 2. The zero-order chi connectivity index (χ0) is 26.9. The Labute approximate surface area is 228 Å². The van der Waals surface area contributed by atoms with E-state index in [1.807, 2.05) is 73.3 Å². The van der Waals surface area contributed by atoms with Gasteiger partial charge in [-0.1, -0.05) is 12.1 Å². The quantitative estimate of drug-likeness (QED) is 0.425. The predicted octanol–water partition coefficient (Wildman–Crippen LogP) is 4.12. The molecule has 2 amide bonds. The van der Waals surface area contributed by atoms with Gasteiger partial charge in [0.25, 0.3) is 11.8 Å². The van der Waals surface area contributed by atoms with Gasteiger partial charge in [0.2, 0.25) is 0 Å². The first-order chi connectivity index (χ1) is 18.9. The number of rotatable bonds is 7. The molecule has 0 aliphatic carbocycles. The highest BCUT2D eigenvalue weighted by Crippen LogP contribution is 2.40. The first-order valence-electron chi connectivity index (χ1n) is 13.4. The third-order valence-corrected chi connectivity index (χ3v) is 7.22. The number of carbonyl (C=O) groups excluding carboxylic acids is 2. The summed E-state index contributed by atoms with van der Waals surface area (Å²) in [6.07, 6.45) is -0.115. The zero-order valence-corrected chi connectivity index (χ0v) is 22.2. The molecule has 9 heteroatoms. The first-order valence-corrected chi connectivity index (χ1v) is 13.4. The Bertz CT molecular complexity index is 1380. The molecule has 3 N–H and O–H groups in total. The maximum atomic E-state index is 13.3. The Hall–Kier alpha value is -4.24. The van der Waals surface area contributed by atoms with E-state index < -0.39 is 0 Å². The van der Waals surface area contributed by atoms with Crippen LogP contribution in [0.25, 0.3) is 0 Å². The minimum atomic E-state index is -0.142. The summed E-state index contributed by atoms with van der Waals surface area (Å²) in [5.74, 6) is 0.523. The Kier molecular flexibility index (Phi) is 6.74. The van der Waals surface area contributed by atoms with E-state index in [1.165, 1.54) is 0 Å². The molecular formula is C30H33N5O4. The normalized spacial score (nSPS) is 17.9. The van der Waals surface area contributed by atoms with Crippen molar-refractivity contribution in [3.05, 3.63) is 77.4 Å². The Morgan fingerprint density at radius 1 is 1.00 bits per heavy atom. The molecule has 3 aromatic rings. The third kappa shape index (κ3) is 5.22. The van der Waals surface area contributed by atoms with Gasteiger partial charge in [-0.05, 0) is 73.5 Å². The topological polar surface area (TPSA) is 95.2 Å². The van der Waals surface area contributed by atoms with Gasteiger partial charge in [0, 0.05) is 36.1 Å². The largest absolute Gasteiger partial charge is 0.484 e. The Morgan fingerprint density at radius 3 is 2.51 bits per heavy atom. The maximum Gasteiger partial charge on any atom is 0.258 e. The van der Waals surface area contributed by atoms with Crippen LogP contribution in [0.1, 0.15) is 41.5 Å². The lowest BCUT2D eigenvalue weighted by Crippen LogP contribution is -2.36. The van der Waals surface area contributed by atoms with E-state index in [-0.39, 0.29) is 30.6 Å². The van der Waals surface area contributed by atoms with Gasteiger partial charge in [-0.25, -0.2) is 0 Å². The molecule has 0 spiro atoms. The molecule has 3 aromatic carbocycles. The Balaban J connectivity index is 1.11. The van der Waals surface area contributed by atoms with E-state index in [2.05, 4.69) is 26.9 Å². The standard InChI is InChI=1S/C30H33N5O4/c1-19(2)31-28(36)18-39-24-7-3-20(4-8-24)29-32-26-10-6-23(16-27(26)33-29)35-17-21-15-22(5-9-25(21)30(35)37)34-11-13-38-14-12-34/h3-10,15-16,19,29,32-33H,11-14,17-18H2,1-2H3,(H,31,36). The molecule has 6 rings (SSSR count). The molecule has 1 saturated heterocycles. The van der Waals surface area contributed by atoms with Gasteiger partial charge < -0.3 is 35.2 Å². The van der Waals surface area contributed by atoms with Crippen LogP contribution in [0.4, 0.5) is 22.7 Å². The predicted molar refractivity (Wildman–Crippen MR) is 152 cm³/mol. The van der Waals surface area contributed by atoms with Crippen LogP contribution in [0, 0.1) is 0 Å². The molecule has 0 aromatic heterocycles. The fourth-order valence-electron chi connectivity index (χ4n) is 5.26. The zero-order valence-electron chi connectivity index (χ0n) is 22.2. The molecule has 9 nitrogen and oxygen atoms in total. The molecular weight excluding hydrogens is 494 g/mol. The van der Waals surface area contributed by atoms with Crippen LogP contribution in [-0.2, 0) is 16.1 Å². The van der Waals surface area contributed by atoms with Crippen LogP contribution in [0.15, 0.2) is 60.7 Å². The van der Waals surface area contributed by atoms with Crippen LogP contribution in [-0.4, -0.2) is 50.8 Å². The minimum absolute atomic E-state index is 0.0146. The van der Waals surface area contributed by atoms with Crippen LogP contribution in [0.5, 0.6) is 5.75 Å². The van der Waals surface area contributed by atoms with Crippen molar-refractivity contribution in [1.29, 1.82) is 0 Å². The van der Waals surface area contributed by atoms with Gasteiger partial charge in [-0.15, -0.1) is 0 Å². The van der Waals surface area contributed by atoms with Crippen molar-refractivity contribution >= 4 is 34.6 Å². The molecule has 3 aliphatic heterocycles. The SMILES string of the molecule is CC(C)NC(=O)COc1ccc(C2Nc3ccc(N4Cc5cc(N6CCOCC6)ccc5C4=O)cc3N2)cc1. The second-order valence-corrected chi connectivity index (χ2v) is 10.4. The van der Waals surface area contributed by atoms with Crippen LogP contribution in [0.3, 0.4) is 0 Å². The summed E-state index contributed by atoms with van der Waals surface area (Å²) in [6, 6.07) is 19.9. The van der Waals surface area contributed by atoms with Gasteiger partial charge in [0.1, 0.15) is 11.9 Å². The van der Waals surface area contributed by atoms with Gasteiger partial charge in [0.15, 0.2) is 6.61 Å². The maximum absolute atomic E-state index is 13.3. The number of carbonyl (C=O) groups is 2. The van der Waals surface area contributed by atoms with Crippen molar-refractivity contribution in [2.75, 3.05) is 53.3 Å². The monoisotopic (exact) mass is 527 g/mol. The smallest absolute Gasteiger partial charge is 0.258 e. The molecule has 1 fully saturated rings. The fourth-order valence-corrected chi connectivity index (χ4v) is 5.26. The highest BCUT2D eigenvalue weighted by Gasteiger charge is 2.31. The summed E-state index contributed by atoms with van der Waals surface area (Å²) in [6.45, 7) is 7.57. The number of ether oxygens (including phenoxy) is 2. The first kappa shape index (κ1) is 25.1. The number of benzene rings is 3. The highest BCUT2D eigenvalue weighted by atomic mass is 16.5. The van der Waals surface area contributed by atoms with Crippen LogP contribution in [0.2, 0.25) is 0 Å². The molecule has 0 bridgehead atoms. The summed E-state index contributed by atoms with van der Waals surface area (Å²) in [5.41, 5.74) is 6.78. The lowest BCUT2D eigenvalue weighted by atomic mass is 10.1. The fraction of sp³-hybridized carbons (Fsp3) is 0.333. The summed E-state index contributed by atoms with van der Waals surface area (Å²) < 4.78 is 11.1. The van der Waals surface area contributed by atoms with E-state index in [1.54, 1.807) is 0 Å². The van der Waals surface area contributed by atoms with Crippen molar-refractivity contribution in [2.24, 2.45) is 0 Å². The number of hydrogen-bond acceptors (Lipinski definition) is 7. The lowest BCUT2D eigenvalue weighted by Gasteiger charge is -2.29. The van der Waals surface area contributed by atoms with Crippen molar-refractivity contribution in [3.63, 3.8) is 0 Å². The molecule has 202 valence electrons. The van der Waals surface area contributed by atoms with E-state index in [0.717, 1.165) is 65.7 Å². The molecule has 1 unspecified atom stereocenters. The van der Waals surface area contributed by atoms with Crippen molar-refractivity contribution in [1.82, 2.24) is 5.32 Å². The third-order valence-electron chi connectivity index (χ3n) is 7.22. The second kappa shape index (κ2) is 10.5. The number of amides is 2. The summed E-state index contributed by atoms with van der Waals surface area (Å²) in [4.78, 5) is 29.2. The molecule has 3 heterocycles. The number of nitrogens with zero attached hydrogens (tertiary/aromatic N) is 2. The molecule has 0 saturated carbocycles. The highest BCUT2D eigenvalue weighted by molar-refractivity contribution is 6.10. The van der Waals surface area contributed by atoms with Gasteiger partial charge >= 0.3 is 0 Å². The summed E-state index contributed by atoms with van der Waals surface area (Å²) in [7, 11) is 0. The number of hydrogen-bond donors (Lipinski definition) is 3. The Morgan fingerprint density at radius 2 is 1.74 bits per heavy atom. The van der Waals surface area contributed by atoms with Crippen molar-refractivity contribution in [3.8, 4) is 5.75 Å². The van der Waals surface area contributed by atoms with E-state index in [4.69, 9.17) is 9.47 Å². The van der Waals surface area contributed by atoms with E-state index in [0.29, 0.717) is 12.3 Å². The van der Waals surface area contributed by atoms with Crippen molar-refractivity contribution in [2.45, 2.75) is 32.6 Å². The molecule has 1 atom stereocenters. The van der Waals surface area contributed by atoms with Crippen molar-refractivity contribution < 1.29 is 19.1 Å². The van der Waals surface area contributed by atoms with Crippen LogP contribution >= 0.6 is 0 Å². The van der Waals surface area contributed by atoms with E-state index >= 15 is 0 Å². The number of anilines is 4. The van der Waals surface area contributed by atoms with Gasteiger partial charge in [0.05, 0.1) is 31.1 Å². The van der Waals surface area contributed by atoms with Gasteiger partial charge in [-0.2, -0.15) is 0 Å². The summed E-state index contributed by atoms with van der Waals surface area (Å²) in [5, 5.41) is 9.83. The molecule has 0 radical (unpaired) electrons. The van der Waals surface area contributed by atoms with Crippen LogP contribution < -0.4 is 30.5 Å². The average Bonchev–Trinajstić information content (AvgIpc) is 3.52.